The number of aliphatic hydroxyl groups is 1. The molecule has 0 unspecified atom stereocenters. The highest BCUT2D eigenvalue weighted by Crippen LogP contribution is 2.16. The Balaban J connectivity index is 1.54. The largest absolute Gasteiger partial charge is 0.478 e. The number of aromatic nitrogens is 1. The molecule has 3 nitrogen and oxygen atoms in total. The zero-order valence-electron chi connectivity index (χ0n) is 13.3. The predicted molar refractivity (Wildman–Crippen MR) is 91.3 cm³/mol. The van der Waals surface area contributed by atoms with Crippen molar-refractivity contribution in [3.8, 4) is 5.88 Å². The molecule has 0 radical (unpaired) electrons. The number of para-hydroxylation sites is 1. The minimum Gasteiger partial charge on any atom is -0.478 e. The summed E-state index contributed by atoms with van der Waals surface area (Å²) in [6.07, 6.45) is 9.51. The first-order valence-electron chi connectivity index (χ1n) is 8.49. The van der Waals surface area contributed by atoms with Crippen LogP contribution in [0.2, 0.25) is 0 Å². The third kappa shape index (κ3) is 6.02. The fourth-order valence-corrected chi connectivity index (χ4v) is 2.58. The Morgan fingerprint density at radius 3 is 2.23 bits per heavy atom. The van der Waals surface area contributed by atoms with Gasteiger partial charge in [-0.05, 0) is 25.0 Å². The number of unbranched alkanes of at least 4 members (excludes halogenated alkanes) is 7. The van der Waals surface area contributed by atoms with Crippen LogP contribution in [0.15, 0.2) is 36.4 Å². The van der Waals surface area contributed by atoms with E-state index in [2.05, 4.69) is 17.1 Å². The molecule has 22 heavy (non-hydrogen) atoms. The SMILES string of the molecule is OCCCCCCCCCCOc1ccc2ccccc2n1. The Hall–Kier alpha value is -1.61. The Labute approximate surface area is 133 Å². The van der Waals surface area contributed by atoms with Gasteiger partial charge < -0.3 is 9.84 Å². The Morgan fingerprint density at radius 1 is 0.773 bits per heavy atom. The Kier molecular flexibility index (Phi) is 7.75. The number of hydrogen-bond donors (Lipinski definition) is 1. The summed E-state index contributed by atoms with van der Waals surface area (Å²) in [5.74, 6) is 0.725. The number of fused-ring (bicyclic) bond motifs is 1. The van der Waals surface area contributed by atoms with Gasteiger partial charge in [0.25, 0.3) is 0 Å². The van der Waals surface area contributed by atoms with E-state index in [0.717, 1.165) is 42.7 Å². The number of aliphatic hydroxyl groups excluding tert-OH is 1. The highest BCUT2D eigenvalue weighted by atomic mass is 16.5. The van der Waals surface area contributed by atoms with Crippen LogP contribution in [0.1, 0.15) is 51.4 Å². The molecule has 1 heterocycles. The summed E-state index contributed by atoms with van der Waals surface area (Å²) in [5, 5.41) is 9.85. The third-order valence-corrected chi connectivity index (χ3v) is 3.88. The molecule has 2 aromatic rings. The second-order valence-electron chi connectivity index (χ2n) is 5.74. The van der Waals surface area contributed by atoms with Crippen molar-refractivity contribution >= 4 is 10.9 Å². The molecular weight excluding hydrogens is 274 g/mol. The first-order chi connectivity index (χ1) is 10.9. The van der Waals surface area contributed by atoms with E-state index in [0.29, 0.717) is 6.61 Å². The monoisotopic (exact) mass is 301 g/mol. The van der Waals surface area contributed by atoms with Crippen LogP contribution >= 0.6 is 0 Å². The lowest BCUT2D eigenvalue weighted by Crippen LogP contribution is -1.99. The molecule has 1 N–H and O–H groups in total. The first kappa shape index (κ1) is 16.8. The quantitative estimate of drug-likeness (QED) is 0.610. The molecule has 0 saturated carbocycles. The van der Waals surface area contributed by atoms with Crippen LogP contribution < -0.4 is 4.74 Å². The number of pyridine rings is 1. The molecule has 0 amide bonds. The van der Waals surface area contributed by atoms with E-state index in [-0.39, 0.29) is 0 Å². The highest BCUT2D eigenvalue weighted by Gasteiger charge is 1.99. The van der Waals surface area contributed by atoms with E-state index < -0.39 is 0 Å². The second kappa shape index (κ2) is 10.2. The molecule has 0 fully saturated rings. The van der Waals surface area contributed by atoms with Crippen LogP contribution in [-0.2, 0) is 0 Å². The zero-order chi connectivity index (χ0) is 15.5. The van der Waals surface area contributed by atoms with Gasteiger partial charge in [-0.15, -0.1) is 0 Å². The van der Waals surface area contributed by atoms with Crippen LogP contribution in [0, 0.1) is 0 Å². The van der Waals surface area contributed by atoms with E-state index in [1.165, 1.54) is 32.1 Å². The number of ether oxygens (including phenoxy) is 1. The van der Waals surface area contributed by atoms with Gasteiger partial charge in [0.15, 0.2) is 0 Å². The molecule has 0 spiro atoms. The summed E-state index contributed by atoms with van der Waals surface area (Å²) in [5.41, 5.74) is 0.989. The van der Waals surface area contributed by atoms with Crippen molar-refractivity contribution in [2.24, 2.45) is 0 Å². The summed E-state index contributed by atoms with van der Waals surface area (Å²) in [6.45, 7) is 1.08. The molecule has 0 atom stereocenters. The van der Waals surface area contributed by atoms with Gasteiger partial charge in [-0.2, -0.15) is 0 Å². The van der Waals surface area contributed by atoms with Gasteiger partial charge >= 0.3 is 0 Å². The van der Waals surface area contributed by atoms with Gasteiger partial charge in [0.1, 0.15) is 0 Å². The van der Waals surface area contributed by atoms with E-state index in [1.54, 1.807) is 0 Å². The van der Waals surface area contributed by atoms with Gasteiger partial charge in [0, 0.05) is 18.1 Å². The summed E-state index contributed by atoms with van der Waals surface area (Å²) in [6, 6.07) is 12.1. The molecule has 1 aromatic carbocycles. The molecule has 0 bridgehead atoms. The molecule has 3 heteroatoms. The molecule has 120 valence electrons. The average Bonchev–Trinajstić information content (AvgIpc) is 2.56. The minimum absolute atomic E-state index is 0.333. The number of hydrogen-bond acceptors (Lipinski definition) is 3. The summed E-state index contributed by atoms with van der Waals surface area (Å²) in [4.78, 5) is 4.51. The van der Waals surface area contributed by atoms with E-state index >= 15 is 0 Å². The van der Waals surface area contributed by atoms with Crippen molar-refractivity contribution in [2.45, 2.75) is 51.4 Å². The fourth-order valence-electron chi connectivity index (χ4n) is 2.58. The average molecular weight is 301 g/mol. The maximum atomic E-state index is 8.70. The van der Waals surface area contributed by atoms with Gasteiger partial charge in [-0.25, -0.2) is 4.98 Å². The van der Waals surface area contributed by atoms with Crippen molar-refractivity contribution in [1.82, 2.24) is 4.98 Å². The highest BCUT2D eigenvalue weighted by molar-refractivity contribution is 5.78. The maximum absolute atomic E-state index is 8.70. The molecular formula is C19H27NO2. The molecule has 1 aromatic heterocycles. The van der Waals surface area contributed by atoms with Gasteiger partial charge in [0.05, 0.1) is 12.1 Å². The zero-order valence-corrected chi connectivity index (χ0v) is 13.3. The summed E-state index contributed by atoms with van der Waals surface area (Å²) >= 11 is 0. The van der Waals surface area contributed by atoms with E-state index in [9.17, 15) is 0 Å². The van der Waals surface area contributed by atoms with E-state index in [4.69, 9.17) is 9.84 Å². The lowest BCUT2D eigenvalue weighted by molar-refractivity contribution is 0.281. The maximum Gasteiger partial charge on any atom is 0.213 e. The van der Waals surface area contributed by atoms with Crippen LogP contribution in [0.3, 0.4) is 0 Å². The first-order valence-corrected chi connectivity index (χ1v) is 8.49. The standard InChI is InChI=1S/C19H27NO2/c21-15-9-5-3-1-2-4-6-10-16-22-19-14-13-17-11-7-8-12-18(17)20-19/h7-8,11-14,21H,1-6,9-10,15-16H2. The van der Waals surface area contributed by atoms with Crippen LogP contribution in [0.25, 0.3) is 10.9 Å². The second-order valence-corrected chi connectivity index (χ2v) is 5.74. The van der Waals surface area contributed by atoms with Crippen molar-refractivity contribution in [3.05, 3.63) is 36.4 Å². The van der Waals surface area contributed by atoms with E-state index in [1.807, 2.05) is 24.3 Å². The fraction of sp³-hybridized carbons (Fsp3) is 0.526. The van der Waals surface area contributed by atoms with Crippen molar-refractivity contribution in [2.75, 3.05) is 13.2 Å². The number of rotatable bonds is 11. The third-order valence-electron chi connectivity index (χ3n) is 3.88. The van der Waals surface area contributed by atoms with Crippen LogP contribution in [0.4, 0.5) is 0 Å². The van der Waals surface area contributed by atoms with Gasteiger partial charge in [0.2, 0.25) is 5.88 Å². The normalized spacial score (nSPS) is 11.0. The molecule has 0 aliphatic rings. The minimum atomic E-state index is 0.333. The number of benzene rings is 1. The summed E-state index contributed by atoms with van der Waals surface area (Å²) < 4.78 is 5.73. The molecule has 0 aliphatic heterocycles. The number of nitrogens with zero attached hydrogens (tertiary/aromatic N) is 1. The molecule has 2 rings (SSSR count). The van der Waals surface area contributed by atoms with Crippen molar-refractivity contribution < 1.29 is 9.84 Å². The smallest absolute Gasteiger partial charge is 0.213 e. The molecule has 0 saturated heterocycles. The Bertz CT molecular complexity index is 542. The van der Waals surface area contributed by atoms with Crippen LogP contribution in [0.5, 0.6) is 5.88 Å². The van der Waals surface area contributed by atoms with Gasteiger partial charge in [-0.1, -0.05) is 56.7 Å². The van der Waals surface area contributed by atoms with Gasteiger partial charge in [-0.3, -0.25) is 0 Å². The molecule has 0 aliphatic carbocycles. The van der Waals surface area contributed by atoms with Crippen molar-refractivity contribution in [1.29, 1.82) is 0 Å². The Morgan fingerprint density at radius 2 is 1.45 bits per heavy atom. The lowest BCUT2D eigenvalue weighted by atomic mass is 10.1. The summed E-state index contributed by atoms with van der Waals surface area (Å²) in [7, 11) is 0. The topological polar surface area (TPSA) is 42.4 Å². The predicted octanol–water partition coefficient (Wildman–Crippen LogP) is 4.73. The van der Waals surface area contributed by atoms with Crippen molar-refractivity contribution in [3.63, 3.8) is 0 Å². The van der Waals surface area contributed by atoms with Crippen LogP contribution in [-0.4, -0.2) is 23.3 Å². The lowest BCUT2D eigenvalue weighted by Gasteiger charge is -2.06.